The topological polar surface area (TPSA) is 43.8 Å². The summed E-state index contributed by atoms with van der Waals surface area (Å²) in [5.41, 5.74) is 0. The smallest absolute Gasteiger partial charge is 0.382 e. The number of likely N-dealkylation sites (tertiary alicyclic amines) is 2. The van der Waals surface area contributed by atoms with Gasteiger partial charge in [-0.2, -0.15) is 13.2 Å². The van der Waals surface area contributed by atoms with Crippen molar-refractivity contribution >= 4 is 5.91 Å². The van der Waals surface area contributed by atoms with Gasteiger partial charge in [0, 0.05) is 19.1 Å². The van der Waals surface area contributed by atoms with Crippen LogP contribution >= 0.6 is 0 Å². The highest BCUT2D eigenvalue weighted by molar-refractivity contribution is 5.78. The summed E-state index contributed by atoms with van der Waals surface area (Å²) in [6, 6.07) is -0.985. The lowest BCUT2D eigenvalue weighted by molar-refractivity contribution is -0.219. The Bertz CT molecular complexity index is 355. The van der Waals surface area contributed by atoms with Crippen LogP contribution in [0.5, 0.6) is 0 Å². The average Bonchev–Trinajstić information content (AvgIpc) is 2.70. The first-order valence-electron chi connectivity index (χ1n) is 7.66. The molecule has 0 radical (unpaired) electrons. The van der Waals surface area contributed by atoms with Gasteiger partial charge in [-0.3, -0.25) is 9.69 Å². The molecule has 0 spiro atoms. The highest BCUT2D eigenvalue weighted by Gasteiger charge is 2.47. The molecule has 7 heteroatoms. The van der Waals surface area contributed by atoms with Crippen LogP contribution in [0.4, 0.5) is 13.2 Å². The third-order valence-electron chi connectivity index (χ3n) is 4.41. The molecule has 2 aliphatic rings. The predicted octanol–water partition coefficient (Wildman–Crippen LogP) is 1.78. The first-order chi connectivity index (χ1) is 9.89. The SMILES string of the molecule is O=C(CN1CCCC1C(O)C(F)(F)F)N1CCCCCC1. The number of hydrogen-bond donors (Lipinski definition) is 1. The van der Waals surface area contributed by atoms with Crippen LogP contribution in [0.2, 0.25) is 0 Å². The maximum absolute atomic E-state index is 12.6. The summed E-state index contributed by atoms with van der Waals surface area (Å²) < 4.78 is 37.9. The van der Waals surface area contributed by atoms with Crippen LogP contribution in [0, 0.1) is 0 Å². The first-order valence-corrected chi connectivity index (χ1v) is 7.66. The Labute approximate surface area is 122 Å². The van der Waals surface area contributed by atoms with Crippen LogP contribution in [-0.4, -0.2) is 65.3 Å². The summed E-state index contributed by atoms with van der Waals surface area (Å²) in [6.07, 6.45) is -2.00. The number of hydrogen-bond acceptors (Lipinski definition) is 3. The molecular weight excluding hydrogens is 285 g/mol. The molecule has 21 heavy (non-hydrogen) atoms. The lowest BCUT2D eigenvalue weighted by Crippen LogP contribution is -2.50. The minimum Gasteiger partial charge on any atom is -0.382 e. The van der Waals surface area contributed by atoms with Crippen LogP contribution in [0.3, 0.4) is 0 Å². The lowest BCUT2D eigenvalue weighted by atomic mass is 10.1. The van der Waals surface area contributed by atoms with E-state index in [4.69, 9.17) is 0 Å². The second-order valence-corrected chi connectivity index (χ2v) is 5.96. The summed E-state index contributed by atoms with van der Waals surface area (Å²) in [6.45, 7) is 1.81. The molecule has 1 N–H and O–H groups in total. The van der Waals surface area contributed by atoms with Gasteiger partial charge in [-0.25, -0.2) is 0 Å². The van der Waals surface area contributed by atoms with Gasteiger partial charge in [0.2, 0.25) is 5.91 Å². The number of aliphatic hydroxyl groups excluding tert-OH is 1. The van der Waals surface area contributed by atoms with E-state index in [1.165, 1.54) is 4.90 Å². The van der Waals surface area contributed by atoms with E-state index < -0.39 is 18.3 Å². The number of halogens is 3. The van der Waals surface area contributed by atoms with E-state index in [0.29, 0.717) is 26.1 Å². The Morgan fingerprint density at radius 1 is 1.10 bits per heavy atom. The number of amides is 1. The van der Waals surface area contributed by atoms with Gasteiger partial charge < -0.3 is 10.0 Å². The molecule has 2 unspecified atom stereocenters. The van der Waals surface area contributed by atoms with Crippen LogP contribution in [-0.2, 0) is 4.79 Å². The fourth-order valence-corrected chi connectivity index (χ4v) is 3.22. The maximum Gasteiger partial charge on any atom is 0.415 e. The zero-order valence-corrected chi connectivity index (χ0v) is 12.1. The molecular formula is C14H23F3N2O2. The molecule has 0 saturated carbocycles. The minimum atomic E-state index is -4.63. The van der Waals surface area contributed by atoms with Gasteiger partial charge >= 0.3 is 6.18 Å². The summed E-state index contributed by atoms with van der Waals surface area (Å²) in [5, 5.41) is 9.43. The average molecular weight is 308 g/mol. The molecule has 2 fully saturated rings. The molecule has 0 aliphatic carbocycles. The van der Waals surface area contributed by atoms with Gasteiger partial charge in [-0.15, -0.1) is 0 Å². The predicted molar refractivity (Wildman–Crippen MR) is 71.7 cm³/mol. The number of carbonyl (C=O) groups is 1. The van der Waals surface area contributed by atoms with Crippen LogP contribution < -0.4 is 0 Å². The summed E-state index contributed by atoms with van der Waals surface area (Å²) in [7, 11) is 0. The van der Waals surface area contributed by atoms with Crippen molar-refractivity contribution in [1.29, 1.82) is 0 Å². The maximum atomic E-state index is 12.6. The number of rotatable bonds is 3. The van der Waals surface area contributed by atoms with E-state index in [0.717, 1.165) is 25.7 Å². The summed E-state index contributed by atoms with van der Waals surface area (Å²) >= 11 is 0. The molecule has 122 valence electrons. The molecule has 4 nitrogen and oxygen atoms in total. The van der Waals surface area contributed by atoms with Crippen molar-refractivity contribution in [1.82, 2.24) is 9.80 Å². The van der Waals surface area contributed by atoms with Crippen LogP contribution in [0.25, 0.3) is 0 Å². The number of nitrogens with zero attached hydrogens (tertiary/aromatic N) is 2. The highest BCUT2D eigenvalue weighted by Crippen LogP contribution is 2.30. The molecule has 2 aliphatic heterocycles. The van der Waals surface area contributed by atoms with Gasteiger partial charge in [0.25, 0.3) is 0 Å². The Morgan fingerprint density at radius 2 is 1.71 bits per heavy atom. The van der Waals surface area contributed by atoms with Crippen molar-refractivity contribution in [2.24, 2.45) is 0 Å². The van der Waals surface area contributed by atoms with Gasteiger partial charge in [0.15, 0.2) is 6.10 Å². The van der Waals surface area contributed by atoms with Gasteiger partial charge in [-0.05, 0) is 32.2 Å². The number of carbonyl (C=O) groups excluding carboxylic acids is 1. The Kier molecular flexibility index (Phi) is 5.48. The molecule has 0 aromatic carbocycles. The molecule has 0 bridgehead atoms. The molecule has 2 heterocycles. The molecule has 0 aromatic heterocycles. The van der Waals surface area contributed by atoms with Crippen LogP contribution in [0.1, 0.15) is 38.5 Å². The van der Waals surface area contributed by atoms with Crippen molar-refractivity contribution in [3.63, 3.8) is 0 Å². The molecule has 2 saturated heterocycles. The zero-order chi connectivity index (χ0) is 15.5. The number of alkyl halides is 3. The van der Waals surface area contributed by atoms with E-state index in [2.05, 4.69) is 0 Å². The minimum absolute atomic E-state index is 0.0161. The van der Waals surface area contributed by atoms with E-state index >= 15 is 0 Å². The summed E-state index contributed by atoms with van der Waals surface area (Å²) in [4.78, 5) is 15.5. The Hall–Kier alpha value is -0.820. The van der Waals surface area contributed by atoms with Crippen molar-refractivity contribution in [3.05, 3.63) is 0 Å². The van der Waals surface area contributed by atoms with E-state index in [-0.39, 0.29) is 18.9 Å². The van der Waals surface area contributed by atoms with Crippen LogP contribution in [0.15, 0.2) is 0 Å². The quantitative estimate of drug-likeness (QED) is 0.864. The van der Waals surface area contributed by atoms with Crippen molar-refractivity contribution in [3.8, 4) is 0 Å². The lowest BCUT2D eigenvalue weighted by Gasteiger charge is -2.31. The highest BCUT2D eigenvalue weighted by atomic mass is 19.4. The van der Waals surface area contributed by atoms with E-state index in [1.54, 1.807) is 4.90 Å². The summed E-state index contributed by atoms with van der Waals surface area (Å²) in [5.74, 6) is -0.113. The Balaban J connectivity index is 1.92. The fraction of sp³-hybridized carbons (Fsp3) is 0.929. The monoisotopic (exact) mass is 308 g/mol. The second kappa shape index (κ2) is 6.96. The van der Waals surface area contributed by atoms with Gasteiger partial charge in [-0.1, -0.05) is 12.8 Å². The standard InChI is InChI=1S/C14H23F3N2O2/c15-14(16,17)13(21)11-6-5-9-19(11)10-12(20)18-7-3-1-2-4-8-18/h11,13,21H,1-10H2. The molecule has 2 rings (SSSR count). The second-order valence-electron chi connectivity index (χ2n) is 5.96. The third-order valence-corrected chi connectivity index (χ3v) is 4.41. The molecule has 1 amide bonds. The Morgan fingerprint density at radius 3 is 2.29 bits per heavy atom. The largest absolute Gasteiger partial charge is 0.415 e. The van der Waals surface area contributed by atoms with Crippen molar-refractivity contribution < 1.29 is 23.1 Å². The molecule has 0 aromatic rings. The fourth-order valence-electron chi connectivity index (χ4n) is 3.22. The molecule has 2 atom stereocenters. The normalized spacial score (nSPS) is 26.7. The number of aliphatic hydroxyl groups is 1. The first kappa shape index (κ1) is 16.5. The van der Waals surface area contributed by atoms with E-state index in [9.17, 15) is 23.1 Å². The van der Waals surface area contributed by atoms with Crippen molar-refractivity contribution in [2.75, 3.05) is 26.2 Å². The van der Waals surface area contributed by atoms with Gasteiger partial charge in [0.1, 0.15) is 0 Å². The zero-order valence-electron chi connectivity index (χ0n) is 12.1. The van der Waals surface area contributed by atoms with Gasteiger partial charge in [0.05, 0.1) is 6.54 Å². The third kappa shape index (κ3) is 4.32. The van der Waals surface area contributed by atoms with E-state index in [1.807, 2.05) is 0 Å². The van der Waals surface area contributed by atoms with Crippen molar-refractivity contribution in [2.45, 2.75) is 56.8 Å².